The van der Waals surface area contributed by atoms with Gasteiger partial charge in [-0.25, -0.2) is 19.3 Å². The summed E-state index contributed by atoms with van der Waals surface area (Å²) in [5, 5.41) is 82.4. The number of aromatic hydroxyl groups is 2. The number of aldehydes is 4. The Bertz CT molecular complexity index is 6330. The number of nitriles is 2. The van der Waals surface area contributed by atoms with Crippen molar-refractivity contribution < 1.29 is 104 Å². The number of carbonyl (C=O) groups excluding carboxylic acids is 4. The highest BCUT2D eigenvalue weighted by atomic mass is 79.9. The Morgan fingerprint density at radius 1 is 0.492 bits per heavy atom. The number of nitrogens with zero attached hydrogens (tertiary/aromatic N) is 5. The zero-order valence-electron chi connectivity index (χ0n) is 66.0. The highest BCUT2D eigenvalue weighted by molar-refractivity contribution is 9.10. The lowest BCUT2D eigenvalue weighted by molar-refractivity contribution is -0.0500. The summed E-state index contributed by atoms with van der Waals surface area (Å²) in [5.41, 5.74) is 9.29. The molecule has 0 atom stereocenters. The first-order valence-corrected chi connectivity index (χ1v) is 39.1. The van der Waals surface area contributed by atoms with Gasteiger partial charge in [0.1, 0.15) is 17.8 Å². The number of fused-ring (bicyclic) bond motifs is 2. The van der Waals surface area contributed by atoms with Gasteiger partial charge in [-0.05, 0) is 207 Å². The van der Waals surface area contributed by atoms with E-state index in [-0.39, 0.29) is 40.2 Å². The molecule has 0 unspecified atom stereocenters. The second-order valence-electron chi connectivity index (χ2n) is 27.9. The third kappa shape index (κ3) is 24.3. The van der Waals surface area contributed by atoms with Gasteiger partial charge in [-0.3, -0.25) is 19.2 Å². The van der Waals surface area contributed by atoms with Crippen LogP contribution in [-0.2, 0) is 41.9 Å². The molecule has 1 fully saturated rings. The van der Waals surface area contributed by atoms with E-state index in [0.717, 1.165) is 89.5 Å². The van der Waals surface area contributed by atoms with Crippen LogP contribution in [0.2, 0.25) is 0 Å². The highest BCUT2D eigenvalue weighted by Gasteiger charge is 2.52. The fourth-order valence-corrected chi connectivity index (χ4v) is 12.8. The van der Waals surface area contributed by atoms with Crippen molar-refractivity contribution in [1.82, 2.24) is 0 Å². The van der Waals surface area contributed by atoms with Crippen molar-refractivity contribution in [2.75, 3.05) is 0 Å². The molecule has 0 spiro atoms. The van der Waals surface area contributed by atoms with Crippen molar-refractivity contribution >= 4 is 125 Å². The van der Waals surface area contributed by atoms with Crippen LogP contribution in [0.25, 0.3) is 70.2 Å². The maximum absolute atomic E-state index is 12.4. The second-order valence-corrected chi connectivity index (χ2v) is 30.4. The van der Waals surface area contributed by atoms with E-state index in [4.69, 9.17) is 69.1 Å². The fourth-order valence-electron chi connectivity index (χ4n) is 11.9. The molecule has 0 saturated carbocycles. The SMILES string of the molecule is CC1(C)OB(c2cc(-c3cccc(C#N)c3)ccc2C=O)OC1(C)C.N#Cc1cccc(-c2ccc3c(c2)B(O)OC3)c1.O=C(O)c1cccc(-c2ccc3c(c2)B(O)OC3)c1.O=Cc1ccc(Br)cc1O.[C-]#[N+]c1cccc(-c2ccc(C=O)c(O)c2)c1.[C-]#[N+]c1cccc(-c2ccc(C=O)c(OS(=O)(=O)C(F)(F)F)c2)c1.[C-]#[N+]c1cccc(B(O)O)c1. The van der Waals surface area contributed by atoms with Gasteiger partial charge in [0.15, 0.2) is 41.7 Å². The van der Waals surface area contributed by atoms with Crippen molar-refractivity contribution in [2.45, 2.75) is 57.6 Å². The van der Waals surface area contributed by atoms with Crippen LogP contribution in [0, 0.1) is 42.4 Å². The smallest absolute Gasteiger partial charge is 0.507 e. The average molecular weight is 1750 g/mol. The number of phenolic OH excluding ortho intramolecular Hbond substituents is 2. The third-order valence-corrected chi connectivity index (χ3v) is 20.7. The maximum Gasteiger partial charge on any atom is 0.534 e. The standard InChI is InChI=1S/C20H20BNO3.C15H8F3NO4S.C14H10BNO2.C14H11BO4.C14H9NO2.C7H6BNO2.C7H5BrO2/c1-19(2)20(3,4)25-21(24-19)18-11-16(8-9-17(18)13-23)15-7-5-6-14(10-15)12-22;1-19-13-4-2-3-10(7-13)11-5-6-12(9-20)14(8-11)23-24(21,22)15(16,17)18;16-8-10-2-1-3-11(6-10)12-4-5-13-9-18-15(17)14(13)7-12;16-14(17)11-3-1-2-9(6-11)10-4-5-12-8-19-15(18)13(12)7-10;1-15-13-4-2-3-10(7-13)11-5-6-12(9-16)14(17)8-11;1-9-7-4-2-3-6(5-7)8(10)11;8-6-2-1-5(4-9)7(10)3-6/h5-11,13H,1-4H3;2-9H;1-7,17H,9H2;1-7,18H,8H2,(H,16,17);2-9,17H;2-5,10-11H;1-4,10H. The maximum atomic E-state index is 12.4. The zero-order valence-corrected chi connectivity index (χ0v) is 68.4. The lowest BCUT2D eigenvalue weighted by Gasteiger charge is -2.32. The topological polar surface area (TPSA) is 368 Å². The van der Waals surface area contributed by atoms with Crippen LogP contribution in [0.5, 0.6) is 17.2 Å². The Hall–Kier alpha value is -14.2. The Kier molecular flexibility index (Phi) is 32.0. The Balaban J connectivity index is 0.000000167. The number of hydrogen-bond donors (Lipinski definition) is 7. The summed E-state index contributed by atoms with van der Waals surface area (Å²) in [7, 11) is -9.72. The molecule has 12 aromatic carbocycles. The minimum Gasteiger partial charge on any atom is -0.507 e. The molecule has 1 saturated heterocycles. The molecule has 3 aliphatic rings. The minimum absolute atomic E-state index is 0.00405. The van der Waals surface area contributed by atoms with E-state index < -0.39 is 67.0 Å². The number of halogens is 4. The van der Waals surface area contributed by atoms with Gasteiger partial charge >= 0.3 is 50.1 Å². The van der Waals surface area contributed by atoms with Crippen molar-refractivity contribution in [3.63, 3.8) is 0 Å². The molecule has 3 heterocycles. The number of carboxylic acids is 1. The number of rotatable bonds is 14. The van der Waals surface area contributed by atoms with Crippen molar-refractivity contribution in [1.29, 1.82) is 10.5 Å². The molecule has 12 aromatic rings. The Morgan fingerprint density at radius 3 is 1.29 bits per heavy atom. The van der Waals surface area contributed by atoms with E-state index in [9.17, 15) is 60.7 Å². The van der Waals surface area contributed by atoms with Crippen molar-refractivity contribution in [3.05, 3.63) is 344 Å². The van der Waals surface area contributed by atoms with Crippen LogP contribution >= 0.6 is 15.9 Å². The fraction of sp³-hybridized carbons (Fsp3) is 0.0989. The lowest BCUT2D eigenvalue weighted by atomic mass is 9.75. The summed E-state index contributed by atoms with van der Waals surface area (Å²) >= 11 is 3.15. The summed E-state index contributed by atoms with van der Waals surface area (Å²) in [6, 6.07) is 75.3. The average Bonchev–Trinajstić information content (AvgIpc) is 1.61. The van der Waals surface area contributed by atoms with Gasteiger partial charge in [-0.2, -0.15) is 32.1 Å². The number of aromatic carboxylic acids is 1. The molecule has 7 N–H and O–H groups in total. The van der Waals surface area contributed by atoms with E-state index >= 15 is 0 Å². The number of phenols is 2. The van der Waals surface area contributed by atoms with Crippen LogP contribution in [0.3, 0.4) is 0 Å². The zero-order chi connectivity index (χ0) is 90.2. The van der Waals surface area contributed by atoms with E-state index in [0.29, 0.717) is 81.5 Å². The second kappa shape index (κ2) is 42.3. The predicted octanol–water partition coefficient (Wildman–Crippen LogP) is 15.3. The van der Waals surface area contributed by atoms with Crippen molar-refractivity contribution in [2.24, 2.45) is 0 Å². The molecule has 0 radical (unpaired) electrons. The van der Waals surface area contributed by atoms with Gasteiger partial charge in [-0.1, -0.05) is 180 Å². The number of carbonyl (C=O) groups is 5. The molecule has 15 rings (SSSR count). The van der Waals surface area contributed by atoms with Gasteiger partial charge in [-0.15, -0.1) is 0 Å². The van der Waals surface area contributed by atoms with Crippen molar-refractivity contribution in [3.8, 4) is 85.0 Å². The molecule has 0 aliphatic carbocycles. The molecule has 0 amide bonds. The van der Waals surface area contributed by atoms with Gasteiger partial charge in [0.25, 0.3) is 0 Å². The van der Waals surface area contributed by atoms with E-state index in [1.54, 1.807) is 109 Å². The quantitative estimate of drug-likeness (QED) is 0.0175. The van der Waals surface area contributed by atoms with Gasteiger partial charge in [0.05, 0.1) is 89.7 Å². The minimum atomic E-state index is -5.90. The number of alkyl halides is 3. The number of carboxylic acid groups (broad SMARTS) is 1. The molecular formula is C91H69B4BrF3N5O19S. The number of benzene rings is 12. The normalized spacial score (nSPS) is 12.7. The molecule has 0 aromatic heterocycles. The predicted molar refractivity (Wildman–Crippen MR) is 466 cm³/mol. The van der Waals surface area contributed by atoms with Crippen LogP contribution in [-0.4, -0.2) is 120 Å². The highest BCUT2D eigenvalue weighted by Crippen LogP contribution is 2.39. The molecule has 0 bridgehead atoms. The summed E-state index contributed by atoms with van der Waals surface area (Å²) in [5.74, 6) is -1.74. The summed E-state index contributed by atoms with van der Waals surface area (Å²) in [6.45, 7) is 29.3. The molecule has 618 valence electrons. The molecular weight excluding hydrogens is 1680 g/mol. The summed E-state index contributed by atoms with van der Waals surface area (Å²) < 4.78 is 86.9. The first-order valence-electron chi connectivity index (χ1n) is 36.9. The molecule has 124 heavy (non-hydrogen) atoms. The van der Waals surface area contributed by atoms with Crippen LogP contribution < -0.4 is 26.0 Å². The monoisotopic (exact) mass is 1750 g/mol. The lowest BCUT2D eigenvalue weighted by Crippen LogP contribution is -2.41. The Morgan fingerprint density at radius 2 is 0.863 bits per heavy atom. The summed E-state index contributed by atoms with van der Waals surface area (Å²) in [6.07, 6.45) is 2.22. The van der Waals surface area contributed by atoms with Gasteiger partial charge in [0.2, 0.25) is 0 Å². The van der Waals surface area contributed by atoms with Gasteiger partial charge < -0.3 is 58.2 Å². The third-order valence-electron chi connectivity index (χ3n) is 19.2. The van der Waals surface area contributed by atoms with Crippen LogP contribution in [0.15, 0.2) is 259 Å². The first-order chi connectivity index (χ1) is 59.1. The summed E-state index contributed by atoms with van der Waals surface area (Å²) in [4.78, 5) is 63.8. The van der Waals surface area contributed by atoms with Crippen LogP contribution in [0.4, 0.5) is 30.2 Å². The van der Waals surface area contributed by atoms with E-state index in [1.807, 2.05) is 125 Å². The number of hydrogen-bond acceptors (Lipinski definition) is 20. The van der Waals surface area contributed by atoms with E-state index in [1.165, 1.54) is 36.4 Å². The molecule has 33 heteroatoms. The van der Waals surface area contributed by atoms with E-state index in [2.05, 4.69) is 46.8 Å². The first kappa shape index (κ1) is 93.7. The molecule has 24 nitrogen and oxygen atoms in total. The largest absolute Gasteiger partial charge is 0.534 e. The van der Waals surface area contributed by atoms with Crippen LogP contribution in [0.1, 0.15) is 102 Å². The van der Waals surface area contributed by atoms with Gasteiger partial charge in [0, 0.05) is 10.0 Å². The Labute approximate surface area is 720 Å². The molecule has 3 aliphatic heterocycles.